The third kappa shape index (κ3) is 4.49. The van der Waals surface area contributed by atoms with E-state index in [2.05, 4.69) is 10.4 Å². The second kappa shape index (κ2) is 8.97. The molecule has 4 aromatic rings. The second-order valence-electron chi connectivity index (χ2n) is 7.47. The van der Waals surface area contributed by atoms with E-state index >= 15 is 0 Å². The lowest BCUT2D eigenvalue weighted by Gasteiger charge is -2.11. The van der Waals surface area contributed by atoms with E-state index in [9.17, 15) is 14.0 Å². The Morgan fingerprint density at radius 3 is 2.50 bits per heavy atom. The van der Waals surface area contributed by atoms with Gasteiger partial charge >= 0.3 is 5.97 Å². The Balaban J connectivity index is 1.60. The van der Waals surface area contributed by atoms with Crippen molar-refractivity contribution in [3.63, 3.8) is 0 Å². The summed E-state index contributed by atoms with van der Waals surface area (Å²) in [5.74, 6) is -1.60. The molecule has 0 aliphatic carbocycles. The van der Waals surface area contributed by atoms with Gasteiger partial charge in [-0.3, -0.25) is 4.79 Å². The molecule has 32 heavy (non-hydrogen) atoms. The van der Waals surface area contributed by atoms with E-state index in [0.29, 0.717) is 22.4 Å². The topological polar surface area (TPSA) is 86.1 Å². The predicted molar refractivity (Wildman–Crippen MR) is 119 cm³/mol. The Kier molecular flexibility index (Phi) is 5.93. The summed E-state index contributed by atoms with van der Waals surface area (Å²) in [5, 5.41) is 7.47. The number of esters is 1. The number of amides is 1. The molecule has 0 aliphatic heterocycles. The first-order valence-corrected chi connectivity index (χ1v) is 10.1. The minimum atomic E-state index is -0.660. The number of halogens is 1. The van der Waals surface area contributed by atoms with Crippen molar-refractivity contribution >= 4 is 28.6 Å². The molecule has 2 aromatic heterocycles. The van der Waals surface area contributed by atoms with Gasteiger partial charge in [0.05, 0.1) is 22.8 Å². The van der Waals surface area contributed by atoms with Gasteiger partial charge in [-0.15, -0.1) is 0 Å². The SMILES string of the molecule is CC(C)n1ncc2c(C(=O)OCC(=O)Nc3ccc(F)cc3)cc(-c3ccccc3)nc21. The molecule has 1 N–H and O–H groups in total. The van der Waals surface area contributed by atoms with Gasteiger partial charge < -0.3 is 10.1 Å². The summed E-state index contributed by atoms with van der Waals surface area (Å²) in [4.78, 5) is 29.8. The number of nitrogens with one attached hydrogen (secondary N) is 1. The number of fused-ring (bicyclic) bond motifs is 1. The van der Waals surface area contributed by atoms with Crippen LogP contribution >= 0.6 is 0 Å². The fraction of sp³-hybridized carbons (Fsp3) is 0.167. The van der Waals surface area contributed by atoms with Crippen LogP contribution in [0.25, 0.3) is 22.3 Å². The smallest absolute Gasteiger partial charge is 0.339 e. The summed E-state index contributed by atoms with van der Waals surface area (Å²) in [5.41, 5.74) is 2.68. The molecular formula is C24H21FN4O3. The van der Waals surface area contributed by atoms with Crippen LogP contribution in [0.5, 0.6) is 0 Å². The van der Waals surface area contributed by atoms with E-state index in [1.54, 1.807) is 16.9 Å². The van der Waals surface area contributed by atoms with Crippen molar-refractivity contribution < 1.29 is 18.7 Å². The van der Waals surface area contributed by atoms with Gasteiger partial charge in [-0.05, 0) is 44.2 Å². The van der Waals surface area contributed by atoms with Crippen LogP contribution in [0, 0.1) is 5.82 Å². The number of rotatable bonds is 6. The second-order valence-corrected chi connectivity index (χ2v) is 7.47. The third-order valence-electron chi connectivity index (χ3n) is 4.81. The molecule has 8 heteroatoms. The maximum atomic E-state index is 13.0. The number of anilines is 1. The van der Waals surface area contributed by atoms with E-state index in [1.165, 1.54) is 24.3 Å². The highest BCUT2D eigenvalue weighted by Gasteiger charge is 2.20. The van der Waals surface area contributed by atoms with Gasteiger partial charge in [0.1, 0.15) is 5.82 Å². The molecule has 0 atom stereocenters. The number of hydrogen-bond acceptors (Lipinski definition) is 5. The highest BCUT2D eigenvalue weighted by molar-refractivity contribution is 6.04. The van der Waals surface area contributed by atoms with E-state index in [-0.39, 0.29) is 11.6 Å². The normalized spacial score (nSPS) is 11.0. The molecule has 0 fully saturated rings. The van der Waals surface area contributed by atoms with Crippen LogP contribution in [0.15, 0.2) is 66.9 Å². The number of pyridine rings is 1. The van der Waals surface area contributed by atoms with Gasteiger partial charge in [-0.25, -0.2) is 18.9 Å². The highest BCUT2D eigenvalue weighted by Crippen LogP contribution is 2.26. The molecule has 0 saturated carbocycles. The zero-order chi connectivity index (χ0) is 22.7. The lowest BCUT2D eigenvalue weighted by molar-refractivity contribution is -0.119. The van der Waals surface area contributed by atoms with Gasteiger partial charge in [0.2, 0.25) is 0 Å². The highest BCUT2D eigenvalue weighted by atomic mass is 19.1. The lowest BCUT2D eigenvalue weighted by Crippen LogP contribution is -2.21. The van der Waals surface area contributed by atoms with Gasteiger partial charge in [-0.2, -0.15) is 5.10 Å². The maximum Gasteiger partial charge on any atom is 0.339 e. The van der Waals surface area contributed by atoms with Gasteiger partial charge in [0.15, 0.2) is 12.3 Å². The molecule has 2 aromatic carbocycles. The van der Waals surface area contributed by atoms with Crippen molar-refractivity contribution in [1.29, 1.82) is 0 Å². The summed E-state index contributed by atoms with van der Waals surface area (Å²) in [6, 6.07) is 16.5. The summed E-state index contributed by atoms with van der Waals surface area (Å²) in [6.45, 7) is 3.46. The quantitative estimate of drug-likeness (QED) is 0.450. The lowest BCUT2D eigenvalue weighted by atomic mass is 10.1. The number of hydrogen-bond donors (Lipinski definition) is 1. The van der Waals surface area contributed by atoms with Crippen molar-refractivity contribution in [2.75, 3.05) is 11.9 Å². The van der Waals surface area contributed by atoms with Crippen LogP contribution in [-0.4, -0.2) is 33.2 Å². The van der Waals surface area contributed by atoms with E-state index in [1.807, 2.05) is 44.2 Å². The number of carbonyl (C=O) groups is 2. The molecule has 0 saturated heterocycles. The van der Waals surface area contributed by atoms with Crippen molar-refractivity contribution in [3.8, 4) is 11.3 Å². The van der Waals surface area contributed by atoms with Crippen LogP contribution < -0.4 is 5.32 Å². The Morgan fingerprint density at radius 1 is 1.09 bits per heavy atom. The average molecular weight is 432 g/mol. The van der Waals surface area contributed by atoms with Crippen molar-refractivity contribution in [2.24, 2.45) is 0 Å². The largest absolute Gasteiger partial charge is 0.452 e. The molecule has 2 heterocycles. The van der Waals surface area contributed by atoms with E-state index in [0.717, 1.165) is 5.56 Å². The van der Waals surface area contributed by atoms with E-state index in [4.69, 9.17) is 9.72 Å². The van der Waals surface area contributed by atoms with Crippen LogP contribution in [0.3, 0.4) is 0 Å². The van der Waals surface area contributed by atoms with Crippen LogP contribution in [0.1, 0.15) is 30.2 Å². The Morgan fingerprint density at radius 2 is 1.81 bits per heavy atom. The molecule has 162 valence electrons. The first kappa shape index (κ1) is 21.2. The number of carbonyl (C=O) groups excluding carboxylic acids is 2. The standard InChI is InChI=1S/C24H21FN4O3/c1-15(2)29-23-20(13-26-29)19(12-21(28-23)16-6-4-3-5-7-16)24(31)32-14-22(30)27-18-10-8-17(25)9-11-18/h3-13,15H,14H2,1-2H3,(H,27,30). The minimum absolute atomic E-state index is 0.0383. The third-order valence-corrected chi connectivity index (χ3v) is 4.81. The zero-order valence-corrected chi connectivity index (χ0v) is 17.6. The first-order chi connectivity index (χ1) is 15.4. The molecule has 0 radical (unpaired) electrons. The Hall–Kier alpha value is -4.07. The minimum Gasteiger partial charge on any atom is -0.452 e. The maximum absolute atomic E-state index is 13.0. The Labute approximate surface area is 183 Å². The molecule has 0 aliphatic rings. The summed E-state index contributed by atoms with van der Waals surface area (Å²) < 4.78 is 20.0. The van der Waals surface area contributed by atoms with Crippen LogP contribution in [-0.2, 0) is 9.53 Å². The molecule has 1 amide bonds. The molecule has 4 rings (SSSR count). The average Bonchev–Trinajstić information content (AvgIpc) is 3.23. The monoisotopic (exact) mass is 432 g/mol. The molecule has 0 bridgehead atoms. The molecule has 0 unspecified atom stereocenters. The number of nitrogens with zero attached hydrogens (tertiary/aromatic N) is 3. The summed E-state index contributed by atoms with van der Waals surface area (Å²) in [7, 11) is 0. The summed E-state index contributed by atoms with van der Waals surface area (Å²) >= 11 is 0. The molecular weight excluding hydrogens is 411 g/mol. The van der Waals surface area contributed by atoms with Gasteiger partial charge in [0, 0.05) is 17.3 Å². The number of benzene rings is 2. The zero-order valence-electron chi connectivity index (χ0n) is 17.6. The summed E-state index contributed by atoms with van der Waals surface area (Å²) in [6.07, 6.45) is 1.58. The van der Waals surface area contributed by atoms with Crippen LogP contribution in [0.4, 0.5) is 10.1 Å². The molecule has 7 nitrogen and oxygen atoms in total. The fourth-order valence-corrected chi connectivity index (χ4v) is 3.26. The van der Waals surface area contributed by atoms with Crippen molar-refractivity contribution in [2.45, 2.75) is 19.9 Å². The van der Waals surface area contributed by atoms with Crippen molar-refractivity contribution in [1.82, 2.24) is 14.8 Å². The van der Waals surface area contributed by atoms with Crippen LogP contribution in [0.2, 0.25) is 0 Å². The van der Waals surface area contributed by atoms with E-state index < -0.39 is 24.3 Å². The first-order valence-electron chi connectivity index (χ1n) is 10.1. The fourth-order valence-electron chi connectivity index (χ4n) is 3.26. The van der Waals surface area contributed by atoms with Crippen molar-refractivity contribution in [3.05, 3.63) is 78.2 Å². The molecule has 0 spiro atoms. The number of ether oxygens (including phenoxy) is 1. The van der Waals surface area contributed by atoms with Gasteiger partial charge in [0.25, 0.3) is 5.91 Å². The Bertz CT molecular complexity index is 1270. The number of aromatic nitrogens is 3. The predicted octanol–water partition coefficient (Wildman–Crippen LogP) is 4.61. The van der Waals surface area contributed by atoms with Gasteiger partial charge in [-0.1, -0.05) is 30.3 Å².